The first-order chi connectivity index (χ1) is 25.1. The lowest BCUT2D eigenvalue weighted by molar-refractivity contribution is -0.111. The van der Waals surface area contributed by atoms with Crippen LogP contribution in [0.1, 0.15) is 49.8 Å². The number of carbonyl (C=O) groups excluding carboxylic acids is 1. The number of para-hydroxylation sites is 1. The smallest absolute Gasteiger partial charge is 0.410 e. The predicted octanol–water partition coefficient (Wildman–Crippen LogP) is 6.23. The van der Waals surface area contributed by atoms with E-state index in [1.54, 1.807) is 30.2 Å². The van der Waals surface area contributed by atoms with E-state index in [9.17, 15) is 20.3 Å². The molecule has 2 N–H and O–H groups in total. The van der Waals surface area contributed by atoms with Gasteiger partial charge in [0.25, 0.3) is 0 Å². The molecule has 0 aromatic heterocycles. The summed E-state index contributed by atoms with van der Waals surface area (Å²) in [6.07, 6.45) is -2.10. The van der Waals surface area contributed by atoms with Gasteiger partial charge in [0, 0.05) is 17.7 Å². The third kappa shape index (κ3) is 10.4. The summed E-state index contributed by atoms with van der Waals surface area (Å²) < 4.78 is 36.1. The molecule has 11 nitrogen and oxygen atoms in total. The molecule has 1 heterocycles. The zero-order chi connectivity index (χ0) is 37.1. The fourth-order valence-corrected chi connectivity index (χ4v) is 6.17. The van der Waals surface area contributed by atoms with Gasteiger partial charge in [-0.15, -0.1) is 0 Å². The van der Waals surface area contributed by atoms with Crippen molar-refractivity contribution >= 4 is 16.9 Å². The van der Waals surface area contributed by atoms with Crippen LogP contribution < -0.4 is 14.2 Å². The molecule has 4 aromatic carbocycles. The Balaban J connectivity index is 1.35. The summed E-state index contributed by atoms with van der Waals surface area (Å²) in [7, 11) is 1.64. The van der Waals surface area contributed by atoms with Crippen LogP contribution >= 0.6 is 0 Å². The molecule has 1 amide bonds. The standard InChI is InChI=1S/C41H48N2O9/c1-41(2,3)52-40(46)43-23-37(50-26-28-20-30-10-5-7-12-34(30)36(21-28)47-4)39(38(24-43)51-27-32(45)25-44)29-14-16-33(17-15-29)48-18-9-19-49-35-13-8-6-11-31(35)22-42/h5-8,10-17,20-21,32,37-39,44-45H,9,18-19,23-27H2,1-4H3/t32-,37+,38-,39-/m1/s1. The number of methoxy groups -OCH3 is 1. The number of likely N-dealkylation sites (tertiary alicyclic amines) is 1. The number of nitrogens with zero attached hydrogens (tertiary/aromatic N) is 2. The molecule has 1 aliphatic rings. The van der Waals surface area contributed by atoms with Crippen LogP contribution in [0.2, 0.25) is 0 Å². The maximum atomic E-state index is 13.4. The molecule has 0 radical (unpaired) electrons. The van der Waals surface area contributed by atoms with Gasteiger partial charge >= 0.3 is 6.09 Å². The van der Waals surface area contributed by atoms with Crippen molar-refractivity contribution in [1.29, 1.82) is 5.26 Å². The number of aliphatic hydroxyl groups excluding tert-OH is 2. The zero-order valence-electron chi connectivity index (χ0n) is 30.2. The first-order valence-corrected chi connectivity index (χ1v) is 17.5. The Morgan fingerprint density at radius 3 is 2.33 bits per heavy atom. The maximum Gasteiger partial charge on any atom is 0.410 e. The zero-order valence-corrected chi connectivity index (χ0v) is 30.2. The molecule has 0 saturated carbocycles. The molecule has 1 fully saturated rings. The van der Waals surface area contributed by atoms with Gasteiger partial charge in [-0.2, -0.15) is 5.26 Å². The van der Waals surface area contributed by atoms with Gasteiger partial charge in [0.1, 0.15) is 35.0 Å². The van der Waals surface area contributed by atoms with Gasteiger partial charge in [-0.3, -0.25) is 0 Å². The number of amides is 1. The van der Waals surface area contributed by atoms with Gasteiger partial charge in [-0.1, -0.05) is 48.5 Å². The van der Waals surface area contributed by atoms with E-state index in [-0.39, 0.29) is 32.2 Å². The highest BCUT2D eigenvalue weighted by atomic mass is 16.6. The largest absolute Gasteiger partial charge is 0.496 e. The third-order valence-electron chi connectivity index (χ3n) is 8.62. The van der Waals surface area contributed by atoms with Crippen LogP contribution in [0.25, 0.3) is 10.8 Å². The van der Waals surface area contributed by atoms with E-state index in [2.05, 4.69) is 12.1 Å². The monoisotopic (exact) mass is 712 g/mol. The summed E-state index contributed by atoms with van der Waals surface area (Å²) in [6, 6.07) is 28.9. The van der Waals surface area contributed by atoms with Crippen LogP contribution in [-0.2, 0) is 20.8 Å². The summed E-state index contributed by atoms with van der Waals surface area (Å²) in [5.74, 6) is 1.60. The normalized spacial score (nSPS) is 18.0. The number of nitriles is 1. The second kappa shape index (κ2) is 18.1. The molecule has 4 aromatic rings. The molecule has 276 valence electrons. The van der Waals surface area contributed by atoms with Gasteiger partial charge in [0.05, 0.1) is 71.0 Å². The molecule has 0 unspecified atom stereocenters. The van der Waals surface area contributed by atoms with Crippen LogP contribution in [0.4, 0.5) is 4.79 Å². The van der Waals surface area contributed by atoms with Crippen molar-refractivity contribution in [2.24, 2.45) is 0 Å². The van der Waals surface area contributed by atoms with Gasteiger partial charge < -0.3 is 43.5 Å². The van der Waals surface area contributed by atoms with E-state index in [1.165, 1.54) is 0 Å². The minimum atomic E-state index is -1.09. The number of hydrogen-bond acceptors (Lipinski definition) is 10. The van der Waals surface area contributed by atoms with Crippen molar-refractivity contribution in [1.82, 2.24) is 4.90 Å². The third-order valence-corrected chi connectivity index (χ3v) is 8.62. The van der Waals surface area contributed by atoms with Gasteiger partial charge in [-0.05, 0) is 73.7 Å². The maximum absolute atomic E-state index is 13.4. The van der Waals surface area contributed by atoms with Crippen molar-refractivity contribution in [2.75, 3.05) is 46.6 Å². The van der Waals surface area contributed by atoms with Crippen LogP contribution in [0.5, 0.6) is 17.2 Å². The summed E-state index contributed by atoms with van der Waals surface area (Å²) in [5.41, 5.74) is 1.58. The molecule has 0 bridgehead atoms. The van der Waals surface area contributed by atoms with Crippen LogP contribution in [0.3, 0.4) is 0 Å². The summed E-state index contributed by atoms with van der Waals surface area (Å²) in [5, 5.41) is 31.0. The number of carbonyl (C=O) groups is 1. The highest BCUT2D eigenvalue weighted by Crippen LogP contribution is 2.36. The van der Waals surface area contributed by atoms with E-state index >= 15 is 0 Å². The summed E-state index contributed by atoms with van der Waals surface area (Å²) in [4.78, 5) is 15.0. The average molecular weight is 713 g/mol. The number of aliphatic hydroxyl groups is 2. The van der Waals surface area contributed by atoms with Crippen molar-refractivity contribution in [3.05, 3.63) is 102 Å². The Kier molecular flexibility index (Phi) is 13.3. The van der Waals surface area contributed by atoms with E-state index in [4.69, 9.17) is 28.4 Å². The molecule has 52 heavy (non-hydrogen) atoms. The Hall–Kier alpha value is -4.86. The second-order valence-corrected chi connectivity index (χ2v) is 13.7. The number of hydrogen-bond donors (Lipinski definition) is 2. The van der Waals surface area contributed by atoms with Gasteiger partial charge in [0.15, 0.2) is 0 Å². The lowest BCUT2D eigenvalue weighted by atomic mass is 9.84. The Morgan fingerprint density at radius 2 is 1.62 bits per heavy atom. The first-order valence-electron chi connectivity index (χ1n) is 17.5. The van der Waals surface area contributed by atoms with Crippen LogP contribution in [-0.4, -0.2) is 91.7 Å². The fraction of sp³-hybridized carbons (Fsp3) is 0.415. The molecule has 11 heteroatoms. The van der Waals surface area contributed by atoms with Gasteiger partial charge in [0.2, 0.25) is 0 Å². The lowest BCUT2D eigenvalue weighted by Gasteiger charge is -2.44. The van der Waals surface area contributed by atoms with E-state index in [1.807, 2.05) is 81.4 Å². The molecule has 0 aliphatic carbocycles. The molecular weight excluding hydrogens is 664 g/mol. The Bertz CT molecular complexity index is 1800. The van der Waals surface area contributed by atoms with Crippen LogP contribution in [0.15, 0.2) is 84.9 Å². The van der Waals surface area contributed by atoms with Crippen molar-refractivity contribution in [3.63, 3.8) is 0 Å². The van der Waals surface area contributed by atoms with Gasteiger partial charge in [-0.25, -0.2) is 4.79 Å². The topological polar surface area (TPSA) is 140 Å². The summed E-state index contributed by atoms with van der Waals surface area (Å²) in [6.45, 7) is 6.32. The number of ether oxygens (including phenoxy) is 6. The van der Waals surface area contributed by atoms with Crippen LogP contribution in [0, 0.1) is 11.3 Å². The molecule has 5 rings (SSSR count). The molecule has 1 aliphatic heterocycles. The molecular formula is C41H48N2O9. The van der Waals surface area contributed by atoms with E-state index < -0.39 is 36.6 Å². The fourth-order valence-electron chi connectivity index (χ4n) is 6.17. The quantitative estimate of drug-likeness (QED) is 0.137. The lowest BCUT2D eigenvalue weighted by Crippen LogP contribution is -2.55. The number of rotatable bonds is 15. The minimum absolute atomic E-state index is 0.128. The SMILES string of the molecule is COc1cc(CO[C@H]2CN(C(=O)OC(C)(C)C)C[C@@H](OC[C@H](O)CO)[C@@H]2c2ccc(OCCCOc3ccccc3C#N)cc2)cc2ccccc12. The van der Waals surface area contributed by atoms with E-state index in [0.29, 0.717) is 36.7 Å². The average Bonchev–Trinajstić information content (AvgIpc) is 3.15. The van der Waals surface area contributed by atoms with E-state index in [0.717, 1.165) is 27.6 Å². The number of piperidine rings is 1. The number of benzene rings is 4. The molecule has 0 spiro atoms. The molecule has 4 atom stereocenters. The number of fused-ring (bicyclic) bond motifs is 1. The Morgan fingerprint density at radius 1 is 0.923 bits per heavy atom. The first kappa shape index (κ1) is 38.4. The summed E-state index contributed by atoms with van der Waals surface area (Å²) >= 11 is 0. The highest BCUT2D eigenvalue weighted by Gasteiger charge is 2.42. The van der Waals surface area contributed by atoms with Crippen molar-refractivity contribution < 1.29 is 43.4 Å². The second-order valence-electron chi connectivity index (χ2n) is 13.7. The Labute approximate surface area is 305 Å². The van der Waals surface area contributed by atoms with Crippen molar-refractivity contribution in [3.8, 4) is 23.3 Å². The highest BCUT2D eigenvalue weighted by molar-refractivity contribution is 5.89. The predicted molar refractivity (Wildman–Crippen MR) is 196 cm³/mol. The van der Waals surface area contributed by atoms with Crippen molar-refractivity contribution in [2.45, 2.75) is 63.6 Å². The minimum Gasteiger partial charge on any atom is -0.496 e. The molecule has 1 saturated heterocycles.